The van der Waals surface area contributed by atoms with Crippen molar-refractivity contribution in [2.75, 3.05) is 0 Å². The molecule has 0 aromatic heterocycles. The van der Waals surface area contributed by atoms with Gasteiger partial charge >= 0.3 is 12.1 Å². The molecule has 130 valence electrons. The number of hydrogen-bond donors (Lipinski definition) is 2. The lowest BCUT2D eigenvalue weighted by atomic mass is 10.0. The van der Waals surface area contributed by atoms with Crippen LogP contribution in [-0.2, 0) is 11.0 Å². The first-order valence-corrected chi connectivity index (χ1v) is 7.53. The summed E-state index contributed by atoms with van der Waals surface area (Å²) in [5.41, 5.74) is -2.55. The summed E-state index contributed by atoms with van der Waals surface area (Å²) >= 11 is 0. The van der Waals surface area contributed by atoms with E-state index in [0.29, 0.717) is 5.56 Å². The molecule has 7 heteroatoms. The summed E-state index contributed by atoms with van der Waals surface area (Å²) in [5, 5.41) is 11.8. The lowest BCUT2D eigenvalue weighted by Crippen LogP contribution is -2.45. The van der Waals surface area contributed by atoms with E-state index in [1.54, 1.807) is 30.3 Å². The standard InChI is InChI=1S/C18H14F3NO3/c19-18(20,21)13-9-5-4-8-12(13)15(23)22-17(16(24)25)10-14(17)11-6-2-1-3-7-11/h1-9,14H,10H2,(H,22,23)(H,24,25). The van der Waals surface area contributed by atoms with Gasteiger partial charge in [-0.3, -0.25) is 4.79 Å². The molecule has 25 heavy (non-hydrogen) atoms. The molecule has 0 spiro atoms. The summed E-state index contributed by atoms with van der Waals surface area (Å²) in [6, 6.07) is 13.0. The van der Waals surface area contributed by atoms with Crippen LogP contribution in [0.25, 0.3) is 0 Å². The molecule has 3 rings (SSSR count). The van der Waals surface area contributed by atoms with E-state index in [0.717, 1.165) is 12.1 Å². The number of aliphatic carboxylic acids is 1. The van der Waals surface area contributed by atoms with Crippen molar-refractivity contribution in [1.82, 2.24) is 5.32 Å². The van der Waals surface area contributed by atoms with Crippen molar-refractivity contribution in [3.63, 3.8) is 0 Å². The van der Waals surface area contributed by atoms with Crippen LogP contribution >= 0.6 is 0 Å². The molecule has 1 aliphatic carbocycles. The Labute approximate surface area is 141 Å². The minimum atomic E-state index is -4.70. The number of carboxylic acids is 1. The Morgan fingerprint density at radius 2 is 1.64 bits per heavy atom. The second-order valence-corrected chi connectivity index (χ2v) is 5.94. The highest BCUT2D eigenvalue weighted by Crippen LogP contribution is 2.51. The number of benzene rings is 2. The Morgan fingerprint density at radius 1 is 1.04 bits per heavy atom. The Balaban J connectivity index is 1.89. The Kier molecular flexibility index (Phi) is 4.02. The molecule has 1 fully saturated rings. The third-order valence-corrected chi connectivity index (χ3v) is 4.36. The molecule has 0 bridgehead atoms. The molecule has 0 saturated heterocycles. The average Bonchev–Trinajstić information content (AvgIpc) is 3.30. The van der Waals surface area contributed by atoms with Gasteiger partial charge in [-0.25, -0.2) is 4.79 Å². The van der Waals surface area contributed by atoms with Crippen LogP contribution in [-0.4, -0.2) is 22.5 Å². The Bertz CT molecular complexity index is 820. The van der Waals surface area contributed by atoms with Crippen LogP contribution in [0.15, 0.2) is 54.6 Å². The first-order chi connectivity index (χ1) is 11.8. The van der Waals surface area contributed by atoms with Crippen LogP contribution < -0.4 is 5.32 Å². The van der Waals surface area contributed by atoms with Crippen LogP contribution in [0.2, 0.25) is 0 Å². The van der Waals surface area contributed by atoms with E-state index in [4.69, 9.17) is 0 Å². The fourth-order valence-corrected chi connectivity index (χ4v) is 2.98. The number of carbonyl (C=O) groups excluding carboxylic acids is 1. The molecule has 0 radical (unpaired) electrons. The molecule has 0 aliphatic heterocycles. The van der Waals surface area contributed by atoms with Gasteiger partial charge in [-0.15, -0.1) is 0 Å². The molecule has 2 aromatic carbocycles. The van der Waals surface area contributed by atoms with Crippen LogP contribution in [0, 0.1) is 0 Å². The van der Waals surface area contributed by atoms with E-state index in [9.17, 15) is 27.9 Å². The Morgan fingerprint density at radius 3 is 2.24 bits per heavy atom. The highest BCUT2D eigenvalue weighted by Gasteiger charge is 2.62. The third kappa shape index (κ3) is 3.09. The minimum absolute atomic E-state index is 0.131. The number of halogens is 3. The van der Waals surface area contributed by atoms with Crippen molar-refractivity contribution in [2.45, 2.75) is 24.1 Å². The number of nitrogens with one attached hydrogen (secondary N) is 1. The highest BCUT2D eigenvalue weighted by molar-refractivity contribution is 6.01. The monoisotopic (exact) mass is 349 g/mol. The average molecular weight is 349 g/mol. The van der Waals surface area contributed by atoms with Crippen molar-refractivity contribution in [3.05, 3.63) is 71.3 Å². The molecular weight excluding hydrogens is 335 g/mol. The first kappa shape index (κ1) is 17.0. The van der Waals surface area contributed by atoms with Gasteiger partial charge in [0, 0.05) is 5.92 Å². The summed E-state index contributed by atoms with van der Waals surface area (Å²) in [6.45, 7) is 0. The van der Waals surface area contributed by atoms with E-state index in [2.05, 4.69) is 5.32 Å². The molecule has 2 unspecified atom stereocenters. The smallest absolute Gasteiger partial charge is 0.417 e. The van der Waals surface area contributed by atoms with Gasteiger partial charge in [-0.2, -0.15) is 13.2 Å². The number of amides is 1. The zero-order valence-corrected chi connectivity index (χ0v) is 12.9. The molecule has 1 amide bonds. The molecule has 2 N–H and O–H groups in total. The van der Waals surface area contributed by atoms with Crippen LogP contribution in [0.1, 0.15) is 33.8 Å². The molecule has 2 aromatic rings. The summed E-state index contributed by atoms with van der Waals surface area (Å²) in [5.74, 6) is -2.79. The normalized spacial score (nSPS) is 22.3. The van der Waals surface area contributed by atoms with Gasteiger partial charge < -0.3 is 10.4 Å². The van der Waals surface area contributed by atoms with E-state index in [1.165, 1.54) is 12.1 Å². The maximum atomic E-state index is 13.1. The van der Waals surface area contributed by atoms with Gasteiger partial charge in [0.15, 0.2) is 0 Å². The largest absolute Gasteiger partial charge is 0.479 e. The third-order valence-electron chi connectivity index (χ3n) is 4.36. The predicted molar refractivity (Wildman–Crippen MR) is 83.1 cm³/mol. The Hall–Kier alpha value is -2.83. The maximum absolute atomic E-state index is 13.1. The fourth-order valence-electron chi connectivity index (χ4n) is 2.98. The quantitative estimate of drug-likeness (QED) is 0.889. The van der Waals surface area contributed by atoms with E-state index < -0.39 is 40.6 Å². The van der Waals surface area contributed by atoms with Gasteiger partial charge in [-0.1, -0.05) is 42.5 Å². The summed E-state index contributed by atoms with van der Waals surface area (Å²) in [6.07, 6.45) is -4.57. The van der Waals surface area contributed by atoms with Crippen molar-refractivity contribution < 1.29 is 27.9 Å². The van der Waals surface area contributed by atoms with Gasteiger partial charge in [0.2, 0.25) is 0 Å². The number of rotatable bonds is 4. The zero-order chi connectivity index (χ0) is 18.2. The number of hydrogen-bond acceptors (Lipinski definition) is 2. The minimum Gasteiger partial charge on any atom is -0.479 e. The number of alkyl halides is 3. The van der Waals surface area contributed by atoms with E-state index in [1.807, 2.05) is 0 Å². The maximum Gasteiger partial charge on any atom is 0.417 e. The topological polar surface area (TPSA) is 66.4 Å². The molecule has 1 aliphatic rings. The van der Waals surface area contributed by atoms with Crippen molar-refractivity contribution in [2.24, 2.45) is 0 Å². The highest BCUT2D eigenvalue weighted by atomic mass is 19.4. The second-order valence-electron chi connectivity index (χ2n) is 5.94. The van der Waals surface area contributed by atoms with Crippen LogP contribution in [0.3, 0.4) is 0 Å². The predicted octanol–water partition coefficient (Wildman–Crippen LogP) is 3.45. The van der Waals surface area contributed by atoms with Crippen LogP contribution in [0.5, 0.6) is 0 Å². The van der Waals surface area contributed by atoms with Crippen LogP contribution in [0.4, 0.5) is 13.2 Å². The lowest BCUT2D eigenvalue weighted by Gasteiger charge is -2.17. The summed E-state index contributed by atoms with van der Waals surface area (Å²) in [7, 11) is 0. The van der Waals surface area contributed by atoms with Crippen molar-refractivity contribution in [3.8, 4) is 0 Å². The first-order valence-electron chi connectivity index (χ1n) is 7.53. The zero-order valence-electron chi connectivity index (χ0n) is 12.9. The number of carboxylic acid groups (broad SMARTS) is 1. The molecule has 4 nitrogen and oxygen atoms in total. The fraction of sp³-hybridized carbons (Fsp3) is 0.222. The SMILES string of the molecule is O=C(NC1(C(=O)O)CC1c1ccccc1)c1ccccc1C(F)(F)F. The molecule has 0 heterocycles. The molecule has 2 atom stereocenters. The van der Waals surface area contributed by atoms with E-state index in [-0.39, 0.29) is 6.42 Å². The van der Waals surface area contributed by atoms with Gasteiger partial charge in [0.25, 0.3) is 5.91 Å². The summed E-state index contributed by atoms with van der Waals surface area (Å²) < 4.78 is 39.2. The van der Waals surface area contributed by atoms with Gasteiger partial charge in [-0.05, 0) is 24.1 Å². The second kappa shape index (κ2) is 5.91. The van der Waals surface area contributed by atoms with Crippen molar-refractivity contribution >= 4 is 11.9 Å². The number of carbonyl (C=O) groups is 2. The molecular formula is C18H14F3NO3. The lowest BCUT2D eigenvalue weighted by molar-refractivity contribution is -0.140. The van der Waals surface area contributed by atoms with Gasteiger partial charge in [0.1, 0.15) is 5.54 Å². The van der Waals surface area contributed by atoms with Gasteiger partial charge in [0.05, 0.1) is 11.1 Å². The molecule has 1 saturated carbocycles. The summed E-state index contributed by atoms with van der Waals surface area (Å²) in [4.78, 5) is 24.1. The van der Waals surface area contributed by atoms with E-state index >= 15 is 0 Å². The van der Waals surface area contributed by atoms with Crippen molar-refractivity contribution in [1.29, 1.82) is 0 Å².